The molecule has 0 spiro atoms. The summed E-state index contributed by atoms with van der Waals surface area (Å²) in [5.74, 6) is 1.82. The molecule has 0 radical (unpaired) electrons. The lowest BCUT2D eigenvalue weighted by Crippen LogP contribution is -2.55. The second-order valence-corrected chi connectivity index (χ2v) is 7.29. The van der Waals surface area contributed by atoms with Crippen molar-refractivity contribution in [1.82, 2.24) is 0 Å². The van der Waals surface area contributed by atoms with Crippen molar-refractivity contribution < 1.29 is 18.7 Å². The molecule has 0 amide bonds. The van der Waals surface area contributed by atoms with E-state index in [0.29, 0.717) is 0 Å². The van der Waals surface area contributed by atoms with Crippen molar-refractivity contribution in [3.8, 4) is 11.5 Å². The van der Waals surface area contributed by atoms with Crippen LogP contribution in [-0.4, -0.2) is 50.5 Å². The van der Waals surface area contributed by atoms with Gasteiger partial charge in [-0.15, -0.1) is 0 Å². The summed E-state index contributed by atoms with van der Waals surface area (Å²) < 4.78 is 18.3. The normalized spacial score (nSPS) is 16.0. The van der Waals surface area contributed by atoms with E-state index in [0.717, 1.165) is 81.4 Å². The summed E-state index contributed by atoms with van der Waals surface area (Å²) in [6, 6.07) is 18.8. The highest BCUT2D eigenvalue weighted by Crippen LogP contribution is 2.20. The van der Waals surface area contributed by atoms with Crippen molar-refractivity contribution in [2.45, 2.75) is 26.3 Å². The topological polar surface area (TPSA) is 27.7 Å². The standard InChI is InChI=1S/C23H32NO3/c1-2-16-26-22-9-11-23(12-10-22)27-17-6-13-24(14-18-25-19-15-24)20-21-7-4-3-5-8-21/h3-5,7-12H,2,6,13-20H2,1H3/q+1. The average Bonchev–Trinajstić information content (AvgIpc) is 2.72. The highest BCUT2D eigenvalue weighted by Gasteiger charge is 2.30. The Morgan fingerprint density at radius 3 is 2.11 bits per heavy atom. The highest BCUT2D eigenvalue weighted by molar-refractivity contribution is 5.31. The van der Waals surface area contributed by atoms with Gasteiger partial charge in [-0.2, -0.15) is 0 Å². The van der Waals surface area contributed by atoms with Crippen LogP contribution >= 0.6 is 0 Å². The molecule has 2 aromatic rings. The van der Waals surface area contributed by atoms with Crippen LogP contribution in [0.5, 0.6) is 11.5 Å². The molecule has 0 bridgehead atoms. The fraction of sp³-hybridized carbons (Fsp3) is 0.478. The molecule has 27 heavy (non-hydrogen) atoms. The van der Waals surface area contributed by atoms with E-state index in [1.165, 1.54) is 5.56 Å². The Bertz CT molecular complexity index is 651. The van der Waals surface area contributed by atoms with Gasteiger partial charge in [-0.05, 0) is 30.7 Å². The van der Waals surface area contributed by atoms with Gasteiger partial charge in [-0.1, -0.05) is 37.3 Å². The van der Waals surface area contributed by atoms with Crippen LogP contribution in [0.4, 0.5) is 0 Å². The molecule has 0 N–H and O–H groups in total. The first-order chi connectivity index (χ1) is 13.3. The maximum Gasteiger partial charge on any atom is 0.119 e. The largest absolute Gasteiger partial charge is 0.494 e. The molecule has 1 saturated heterocycles. The highest BCUT2D eigenvalue weighted by atomic mass is 16.5. The second kappa shape index (κ2) is 10.3. The van der Waals surface area contributed by atoms with Gasteiger partial charge in [-0.25, -0.2) is 0 Å². The van der Waals surface area contributed by atoms with E-state index < -0.39 is 0 Å². The van der Waals surface area contributed by atoms with Crippen LogP contribution in [0.25, 0.3) is 0 Å². The van der Waals surface area contributed by atoms with E-state index in [4.69, 9.17) is 14.2 Å². The minimum atomic E-state index is 0.741. The van der Waals surface area contributed by atoms with E-state index in [-0.39, 0.29) is 0 Å². The monoisotopic (exact) mass is 370 g/mol. The molecule has 2 aromatic carbocycles. The Morgan fingerprint density at radius 2 is 1.48 bits per heavy atom. The quantitative estimate of drug-likeness (QED) is 0.461. The summed E-state index contributed by atoms with van der Waals surface area (Å²) in [6.45, 7) is 9.68. The molecular weight excluding hydrogens is 338 g/mol. The number of hydrogen-bond acceptors (Lipinski definition) is 3. The van der Waals surface area contributed by atoms with Gasteiger partial charge in [0.1, 0.15) is 31.1 Å². The van der Waals surface area contributed by atoms with Crippen molar-refractivity contribution in [3.05, 3.63) is 60.2 Å². The summed E-state index contributed by atoms with van der Waals surface area (Å²) in [5.41, 5.74) is 1.41. The molecule has 1 aliphatic rings. The summed E-state index contributed by atoms with van der Waals surface area (Å²) in [5, 5.41) is 0. The van der Waals surface area contributed by atoms with Crippen molar-refractivity contribution >= 4 is 0 Å². The molecule has 3 rings (SSSR count). The molecule has 1 fully saturated rings. The molecule has 4 heteroatoms. The summed E-state index contributed by atoms with van der Waals surface area (Å²) in [7, 11) is 0. The average molecular weight is 371 g/mol. The van der Waals surface area contributed by atoms with Crippen molar-refractivity contribution in [1.29, 1.82) is 0 Å². The SMILES string of the molecule is CCCOc1ccc(OCCC[N+]2(Cc3ccccc3)CCOCC2)cc1. The number of morpholine rings is 1. The van der Waals surface area contributed by atoms with Crippen molar-refractivity contribution in [3.63, 3.8) is 0 Å². The van der Waals surface area contributed by atoms with Crippen LogP contribution < -0.4 is 9.47 Å². The first-order valence-electron chi connectivity index (χ1n) is 10.1. The number of rotatable bonds is 10. The maximum atomic E-state index is 5.95. The van der Waals surface area contributed by atoms with Crippen molar-refractivity contribution in [2.75, 3.05) is 46.1 Å². The third-order valence-corrected chi connectivity index (χ3v) is 5.12. The van der Waals surface area contributed by atoms with Crippen molar-refractivity contribution in [2.24, 2.45) is 0 Å². The van der Waals surface area contributed by atoms with Crippen LogP contribution in [-0.2, 0) is 11.3 Å². The molecule has 1 aliphatic heterocycles. The lowest BCUT2D eigenvalue weighted by molar-refractivity contribution is -0.947. The van der Waals surface area contributed by atoms with Crippen LogP contribution in [0.3, 0.4) is 0 Å². The molecule has 0 atom stereocenters. The van der Waals surface area contributed by atoms with Gasteiger partial charge in [0.2, 0.25) is 0 Å². The predicted molar refractivity (Wildman–Crippen MR) is 108 cm³/mol. The third kappa shape index (κ3) is 6.26. The fourth-order valence-corrected chi connectivity index (χ4v) is 3.60. The van der Waals surface area contributed by atoms with Gasteiger partial charge >= 0.3 is 0 Å². The molecule has 146 valence electrons. The Morgan fingerprint density at radius 1 is 0.852 bits per heavy atom. The Hall–Kier alpha value is -2.04. The molecule has 1 heterocycles. The number of quaternary nitrogens is 1. The van der Waals surface area contributed by atoms with Crippen LogP contribution in [0.2, 0.25) is 0 Å². The number of ether oxygens (including phenoxy) is 3. The first-order valence-corrected chi connectivity index (χ1v) is 10.1. The fourth-order valence-electron chi connectivity index (χ4n) is 3.60. The maximum absolute atomic E-state index is 5.95. The van der Waals surface area contributed by atoms with Crippen LogP contribution in [0.1, 0.15) is 25.3 Å². The summed E-state index contributed by atoms with van der Waals surface area (Å²) in [6.07, 6.45) is 2.06. The molecule has 0 saturated carbocycles. The summed E-state index contributed by atoms with van der Waals surface area (Å²) in [4.78, 5) is 0. The lowest BCUT2D eigenvalue weighted by Gasteiger charge is -2.41. The smallest absolute Gasteiger partial charge is 0.119 e. The number of benzene rings is 2. The van der Waals surface area contributed by atoms with E-state index >= 15 is 0 Å². The van der Waals surface area contributed by atoms with E-state index in [9.17, 15) is 0 Å². The predicted octanol–water partition coefficient (Wildman–Crippen LogP) is 4.29. The molecular formula is C23H32NO3+. The number of hydrogen-bond donors (Lipinski definition) is 0. The van der Waals surface area contributed by atoms with Gasteiger partial charge in [0.15, 0.2) is 0 Å². The van der Waals surface area contributed by atoms with Gasteiger partial charge in [-0.3, -0.25) is 0 Å². The zero-order chi connectivity index (χ0) is 18.8. The van der Waals surface area contributed by atoms with Crippen LogP contribution in [0.15, 0.2) is 54.6 Å². The van der Waals surface area contributed by atoms with E-state index in [1.807, 2.05) is 24.3 Å². The number of nitrogens with zero attached hydrogens (tertiary/aromatic N) is 1. The van der Waals surface area contributed by atoms with Crippen LogP contribution in [0, 0.1) is 0 Å². The Kier molecular flexibility index (Phi) is 7.55. The zero-order valence-corrected chi connectivity index (χ0v) is 16.4. The van der Waals surface area contributed by atoms with Gasteiger partial charge in [0.25, 0.3) is 0 Å². The Labute approximate surface area is 163 Å². The second-order valence-electron chi connectivity index (χ2n) is 7.29. The van der Waals surface area contributed by atoms with Gasteiger partial charge in [0.05, 0.1) is 33.0 Å². The molecule has 0 aliphatic carbocycles. The summed E-state index contributed by atoms with van der Waals surface area (Å²) >= 11 is 0. The van der Waals surface area contributed by atoms with Gasteiger partial charge < -0.3 is 18.7 Å². The molecule has 4 nitrogen and oxygen atoms in total. The molecule has 0 aromatic heterocycles. The lowest BCUT2D eigenvalue weighted by atomic mass is 10.1. The first kappa shape index (κ1) is 19.7. The minimum absolute atomic E-state index is 0.741. The van der Waals surface area contributed by atoms with E-state index in [1.54, 1.807) is 0 Å². The van der Waals surface area contributed by atoms with E-state index in [2.05, 4.69) is 37.3 Å². The van der Waals surface area contributed by atoms with Gasteiger partial charge in [0, 0.05) is 12.0 Å². The Balaban J connectivity index is 1.47. The molecule has 0 unspecified atom stereocenters. The third-order valence-electron chi connectivity index (χ3n) is 5.12. The minimum Gasteiger partial charge on any atom is -0.494 e. The zero-order valence-electron chi connectivity index (χ0n) is 16.4.